The van der Waals surface area contributed by atoms with Crippen LogP contribution in [0.25, 0.3) is 0 Å². The lowest BCUT2D eigenvalue weighted by atomic mass is 10.0. The van der Waals surface area contributed by atoms with Gasteiger partial charge in [-0.1, -0.05) is 18.2 Å². The van der Waals surface area contributed by atoms with Crippen molar-refractivity contribution in [1.29, 1.82) is 0 Å². The van der Waals surface area contributed by atoms with Gasteiger partial charge in [-0.25, -0.2) is 0 Å². The first-order valence-electron chi connectivity index (χ1n) is 10.6. The maximum atomic E-state index is 5.53. The number of morpholine rings is 1. The van der Waals surface area contributed by atoms with E-state index in [1.54, 1.807) is 0 Å². The first kappa shape index (κ1) is 17.7. The smallest absolute Gasteiger partial charge is 0.236 e. The zero-order chi connectivity index (χ0) is 18.8. The van der Waals surface area contributed by atoms with E-state index >= 15 is 0 Å². The van der Waals surface area contributed by atoms with Crippen LogP contribution in [0.4, 0.5) is 23.5 Å². The molecule has 2 saturated heterocycles. The Morgan fingerprint density at radius 3 is 2.14 bits per heavy atom. The van der Waals surface area contributed by atoms with E-state index in [-0.39, 0.29) is 0 Å². The topological polar surface area (TPSA) is 57.6 Å². The average molecular weight is 380 g/mol. The Hall–Kier alpha value is -2.41. The summed E-state index contributed by atoms with van der Waals surface area (Å²) >= 11 is 0. The summed E-state index contributed by atoms with van der Waals surface area (Å²) in [6, 6.07) is 8.63. The molecule has 0 bridgehead atoms. The van der Waals surface area contributed by atoms with Gasteiger partial charge in [-0.2, -0.15) is 15.0 Å². The second kappa shape index (κ2) is 7.91. The standard InChI is InChI=1S/C21H28N6O/c1-4-10-25(11-5-1)19-22-20(26-13-15-28-16-14-26)24-21(23-19)27-12-6-8-17-7-2-3-9-18(17)27/h2-3,7,9H,1,4-6,8,10-16H2. The highest BCUT2D eigenvalue weighted by Gasteiger charge is 2.25. The van der Waals surface area contributed by atoms with Gasteiger partial charge in [0.1, 0.15) is 0 Å². The molecule has 2 fully saturated rings. The van der Waals surface area contributed by atoms with Gasteiger partial charge in [0, 0.05) is 38.4 Å². The van der Waals surface area contributed by atoms with Crippen molar-refractivity contribution in [3.63, 3.8) is 0 Å². The molecule has 1 aromatic heterocycles. The summed E-state index contributed by atoms with van der Waals surface area (Å²) in [4.78, 5) is 21.6. The van der Waals surface area contributed by atoms with Crippen molar-refractivity contribution in [3.05, 3.63) is 29.8 Å². The molecule has 0 unspecified atom stereocenters. The Balaban J connectivity index is 1.55. The number of ether oxygens (including phenoxy) is 1. The Labute approximate surface area is 166 Å². The lowest BCUT2D eigenvalue weighted by Gasteiger charge is -2.33. The van der Waals surface area contributed by atoms with Gasteiger partial charge in [-0.15, -0.1) is 0 Å². The predicted octanol–water partition coefficient (Wildman–Crippen LogP) is 2.78. The molecule has 0 spiro atoms. The van der Waals surface area contributed by atoms with E-state index in [1.165, 1.54) is 30.5 Å². The second-order valence-electron chi connectivity index (χ2n) is 7.77. The third-order valence-electron chi connectivity index (χ3n) is 5.88. The molecule has 3 aliphatic heterocycles. The predicted molar refractivity (Wildman–Crippen MR) is 111 cm³/mol. The fraction of sp³-hybridized carbons (Fsp3) is 0.571. The summed E-state index contributed by atoms with van der Waals surface area (Å²) in [5.74, 6) is 2.40. The van der Waals surface area contributed by atoms with Crippen molar-refractivity contribution in [3.8, 4) is 0 Å². The number of para-hydroxylation sites is 1. The van der Waals surface area contributed by atoms with Gasteiger partial charge in [-0.3, -0.25) is 0 Å². The minimum Gasteiger partial charge on any atom is -0.378 e. The third kappa shape index (κ3) is 3.51. The normalized spacial score (nSPS) is 20.2. The molecule has 3 aliphatic rings. The molecule has 4 heterocycles. The van der Waals surface area contributed by atoms with Crippen LogP contribution in [0.3, 0.4) is 0 Å². The number of hydrogen-bond donors (Lipinski definition) is 0. The summed E-state index contributed by atoms with van der Waals surface area (Å²) in [6.07, 6.45) is 5.95. The van der Waals surface area contributed by atoms with E-state index in [0.717, 1.165) is 76.6 Å². The first-order valence-corrected chi connectivity index (χ1v) is 10.6. The number of anilines is 4. The number of aryl methyl sites for hydroxylation is 1. The highest BCUT2D eigenvalue weighted by molar-refractivity contribution is 5.64. The Morgan fingerprint density at radius 1 is 0.679 bits per heavy atom. The molecule has 0 aliphatic carbocycles. The number of rotatable bonds is 3. The summed E-state index contributed by atoms with van der Waals surface area (Å²) in [7, 11) is 0. The number of piperidine rings is 1. The monoisotopic (exact) mass is 380 g/mol. The van der Waals surface area contributed by atoms with Crippen LogP contribution in [0, 0.1) is 0 Å². The molecule has 0 N–H and O–H groups in total. The van der Waals surface area contributed by atoms with Gasteiger partial charge >= 0.3 is 0 Å². The molecular formula is C21H28N6O. The van der Waals surface area contributed by atoms with E-state index < -0.39 is 0 Å². The fourth-order valence-electron chi connectivity index (χ4n) is 4.35. The maximum Gasteiger partial charge on any atom is 0.236 e. The van der Waals surface area contributed by atoms with Crippen LogP contribution < -0.4 is 14.7 Å². The van der Waals surface area contributed by atoms with Crippen molar-refractivity contribution in [2.45, 2.75) is 32.1 Å². The Kier molecular flexibility index (Phi) is 4.99. The van der Waals surface area contributed by atoms with Gasteiger partial charge in [0.2, 0.25) is 17.8 Å². The van der Waals surface area contributed by atoms with Gasteiger partial charge in [-0.05, 0) is 43.7 Å². The van der Waals surface area contributed by atoms with Crippen molar-refractivity contribution >= 4 is 23.5 Å². The van der Waals surface area contributed by atoms with E-state index in [9.17, 15) is 0 Å². The van der Waals surface area contributed by atoms with Crippen LogP contribution in [-0.2, 0) is 11.2 Å². The quantitative estimate of drug-likeness (QED) is 0.811. The zero-order valence-electron chi connectivity index (χ0n) is 16.4. The molecular weight excluding hydrogens is 352 g/mol. The van der Waals surface area contributed by atoms with E-state index in [1.807, 2.05) is 0 Å². The molecule has 2 aromatic rings. The van der Waals surface area contributed by atoms with Gasteiger partial charge < -0.3 is 19.4 Å². The second-order valence-corrected chi connectivity index (χ2v) is 7.77. The van der Waals surface area contributed by atoms with Crippen LogP contribution >= 0.6 is 0 Å². The van der Waals surface area contributed by atoms with Crippen LogP contribution in [0.2, 0.25) is 0 Å². The number of nitrogens with zero attached hydrogens (tertiary/aromatic N) is 6. The summed E-state index contributed by atoms with van der Waals surface area (Å²) in [5.41, 5.74) is 2.61. The molecule has 0 saturated carbocycles. The maximum absolute atomic E-state index is 5.53. The van der Waals surface area contributed by atoms with Crippen LogP contribution in [0.5, 0.6) is 0 Å². The van der Waals surface area contributed by atoms with E-state index in [2.05, 4.69) is 39.0 Å². The largest absolute Gasteiger partial charge is 0.378 e. The van der Waals surface area contributed by atoms with Gasteiger partial charge in [0.05, 0.1) is 13.2 Å². The SMILES string of the molecule is c1ccc2c(c1)CCCN2c1nc(N2CCCCC2)nc(N2CCOCC2)n1. The minimum absolute atomic E-state index is 0.729. The fourth-order valence-corrected chi connectivity index (χ4v) is 4.35. The summed E-state index contributed by atoms with van der Waals surface area (Å²) in [6.45, 7) is 6.13. The van der Waals surface area contributed by atoms with Crippen LogP contribution in [0.1, 0.15) is 31.2 Å². The zero-order valence-corrected chi connectivity index (χ0v) is 16.4. The number of aromatic nitrogens is 3. The van der Waals surface area contributed by atoms with Crippen LogP contribution in [-0.4, -0.2) is 60.9 Å². The Bertz CT molecular complexity index is 780. The highest BCUT2D eigenvalue weighted by atomic mass is 16.5. The Morgan fingerprint density at radius 2 is 1.36 bits per heavy atom. The molecule has 0 amide bonds. The lowest BCUT2D eigenvalue weighted by Crippen LogP contribution is -2.39. The minimum atomic E-state index is 0.729. The molecule has 0 radical (unpaired) electrons. The first-order chi connectivity index (χ1) is 13.9. The van der Waals surface area contributed by atoms with Gasteiger partial charge in [0.15, 0.2) is 0 Å². The molecule has 0 atom stereocenters. The van der Waals surface area contributed by atoms with Crippen molar-refractivity contribution in [1.82, 2.24) is 15.0 Å². The molecule has 1 aromatic carbocycles. The highest BCUT2D eigenvalue weighted by Crippen LogP contribution is 2.33. The average Bonchev–Trinajstić information content (AvgIpc) is 2.79. The molecule has 7 heteroatoms. The number of benzene rings is 1. The van der Waals surface area contributed by atoms with Gasteiger partial charge in [0.25, 0.3) is 0 Å². The molecule has 28 heavy (non-hydrogen) atoms. The summed E-state index contributed by atoms with van der Waals surface area (Å²) < 4.78 is 5.53. The van der Waals surface area contributed by atoms with Crippen molar-refractivity contribution < 1.29 is 4.74 Å². The van der Waals surface area contributed by atoms with Crippen molar-refractivity contribution in [2.75, 3.05) is 60.6 Å². The molecule has 5 rings (SSSR count). The third-order valence-corrected chi connectivity index (χ3v) is 5.88. The molecule has 148 valence electrons. The number of fused-ring (bicyclic) bond motifs is 1. The van der Waals surface area contributed by atoms with Crippen LogP contribution in [0.15, 0.2) is 24.3 Å². The summed E-state index contributed by atoms with van der Waals surface area (Å²) in [5, 5.41) is 0. The van der Waals surface area contributed by atoms with Crippen molar-refractivity contribution in [2.24, 2.45) is 0 Å². The van der Waals surface area contributed by atoms with E-state index in [4.69, 9.17) is 19.7 Å². The van der Waals surface area contributed by atoms with E-state index in [0.29, 0.717) is 0 Å². The lowest BCUT2D eigenvalue weighted by molar-refractivity contribution is 0.122. The number of hydrogen-bond acceptors (Lipinski definition) is 7. The molecule has 7 nitrogen and oxygen atoms in total.